The number of benzene rings is 1. The first-order valence-corrected chi connectivity index (χ1v) is 3.98. The van der Waals surface area contributed by atoms with E-state index in [9.17, 15) is 4.21 Å². The van der Waals surface area contributed by atoms with Crippen molar-refractivity contribution in [1.82, 2.24) is 0 Å². The van der Waals surface area contributed by atoms with Gasteiger partial charge in [-0.3, -0.25) is 0 Å². The summed E-state index contributed by atoms with van der Waals surface area (Å²) in [5, 5.41) is 0. The Bertz CT molecular complexity index is 245. The zero-order chi connectivity index (χ0) is 7.56. The molecule has 1 aromatic carbocycles. The van der Waals surface area contributed by atoms with Gasteiger partial charge in [-0.05, 0) is 19.1 Å². The molecular weight excluding hydrogens is 256 g/mol. The fourth-order valence-electron chi connectivity index (χ4n) is 0.655. The van der Waals surface area contributed by atoms with Crippen molar-refractivity contribution >= 4 is 11.1 Å². The Hall–Kier alpha value is 0.0703. The molecule has 1 unspecified atom stereocenters. The summed E-state index contributed by atoms with van der Waals surface area (Å²) >= 11 is -1.84. The maximum atomic E-state index is 10.4. The molecule has 0 spiro atoms. The Morgan fingerprint density at radius 1 is 1.27 bits per heavy atom. The minimum Gasteiger partial charge on any atom is -0.302 e. The molecule has 0 amide bonds. The molecule has 0 heterocycles. The van der Waals surface area contributed by atoms with Gasteiger partial charge in [-0.2, -0.15) is 0 Å². The molecule has 0 saturated heterocycles. The Kier molecular flexibility index (Phi) is 4.88. The van der Waals surface area contributed by atoms with Gasteiger partial charge in [0, 0.05) is 22.4 Å². The zero-order valence-corrected chi connectivity index (χ0v) is 8.17. The van der Waals surface area contributed by atoms with Gasteiger partial charge in [0.05, 0.1) is 4.90 Å². The van der Waals surface area contributed by atoms with E-state index in [0.29, 0.717) is 4.90 Å². The van der Waals surface area contributed by atoms with Crippen molar-refractivity contribution in [2.24, 2.45) is 0 Å². The molecule has 1 rings (SSSR count). The second kappa shape index (κ2) is 4.85. The number of hydrogen-bond acceptors (Lipinski definition) is 1. The first-order valence-electron chi connectivity index (χ1n) is 2.87. The van der Waals surface area contributed by atoms with Gasteiger partial charge in [-0.15, -0.1) is 0 Å². The van der Waals surface area contributed by atoms with Crippen LogP contribution in [0.25, 0.3) is 0 Å². The SMILES string of the molecule is Cc1ccc(S(=O)O)cc1.[Ag]. The van der Waals surface area contributed by atoms with E-state index in [-0.39, 0.29) is 22.4 Å². The second-order valence-corrected chi connectivity index (χ2v) is 3.03. The van der Waals surface area contributed by atoms with Crippen LogP contribution in [0.1, 0.15) is 5.56 Å². The Morgan fingerprint density at radius 3 is 2.09 bits per heavy atom. The van der Waals surface area contributed by atoms with Crippen LogP contribution < -0.4 is 0 Å². The van der Waals surface area contributed by atoms with Crippen molar-refractivity contribution in [1.29, 1.82) is 0 Å². The summed E-state index contributed by atoms with van der Waals surface area (Å²) in [5.41, 5.74) is 1.09. The molecule has 2 nitrogen and oxygen atoms in total. The van der Waals surface area contributed by atoms with Crippen LogP contribution in [0.4, 0.5) is 0 Å². The average molecular weight is 264 g/mol. The van der Waals surface area contributed by atoms with Crippen LogP contribution in [0.2, 0.25) is 0 Å². The topological polar surface area (TPSA) is 37.3 Å². The average Bonchev–Trinajstić information content (AvgIpc) is 1.88. The number of hydrogen-bond donors (Lipinski definition) is 1. The summed E-state index contributed by atoms with van der Waals surface area (Å²) < 4.78 is 19.0. The van der Waals surface area contributed by atoms with Gasteiger partial charge >= 0.3 is 0 Å². The molecule has 0 saturated carbocycles. The molecule has 0 aliphatic heterocycles. The summed E-state index contributed by atoms with van der Waals surface area (Å²) in [7, 11) is 0. The monoisotopic (exact) mass is 263 g/mol. The van der Waals surface area contributed by atoms with E-state index in [0.717, 1.165) is 5.56 Å². The molecule has 1 aromatic rings. The fourth-order valence-corrected chi connectivity index (χ4v) is 1.02. The van der Waals surface area contributed by atoms with Crippen molar-refractivity contribution < 1.29 is 31.1 Å². The van der Waals surface area contributed by atoms with E-state index in [1.165, 1.54) is 0 Å². The minimum atomic E-state index is -1.84. The molecule has 65 valence electrons. The van der Waals surface area contributed by atoms with Gasteiger partial charge < -0.3 is 4.55 Å². The summed E-state index contributed by atoms with van der Waals surface area (Å²) in [6, 6.07) is 6.91. The third-order valence-corrected chi connectivity index (χ3v) is 1.90. The van der Waals surface area contributed by atoms with Gasteiger partial charge in [0.1, 0.15) is 0 Å². The van der Waals surface area contributed by atoms with Gasteiger partial charge in [-0.1, -0.05) is 17.7 Å². The van der Waals surface area contributed by atoms with E-state index >= 15 is 0 Å². The van der Waals surface area contributed by atoms with Crippen LogP contribution in [0.3, 0.4) is 0 Å². The Morgan fingerprint density at radius 2 is 1.73 bits per heavy atom. The molecule has 0 aliphatic carbocycles. The summed E-state index contributed by atoms with van der Waals surface area (Å²) in [6.07, 6.45) is 0. The molecule has 0 fully saturated rings. The van der Waals surface area contributed by atoms with Crippen molar-refractivity contribution in [3.8, 4) is 0 Å². The summed E-state index contributed by atoms with van der Waals surface area (Å²) in [4.78, 5) is 0.450. The van der Waals surface area contributed by atoms with Crippen LogP contribution in [0, 0.1) is 6.92 Å². The van der Waals surface area contributed by atoms with E-state index in [1.54, 1.807) is 12.1 Å². The number of rotatable bonds is 1. The molecule has 0 bridgehead atoms. The second-order valence-electron chi connectivity index (χ2n) is 2.06. The van der Waals surface area contributed by atoms with Crippen molar-refractivity contribution in [2.75, 3.05) is 0 Å². The Balaban J connectivity index is 0.000001000. The van der Waals surface area contributed by atoms with E-state index in [4.69, 9.17) is 4.55 Å². The van der Waals surface area contributed by atoms with Gasteiger partial charge in [-0.25, -0.2) is 4.21 Å². The van der Waals surface area contributed by atoms with Crippen LogP contribution >= 0.6 is 0 Å². The van der Waals surface area contributed by atoms with E-state index in [1.807, 2.05) is 19.1 Å². The summed E-state index contributed by atoms with van der Waals surface area (Å²) in [5.74, 6) is 0. The van der Waals surface area contributed by atoms with Gasteiger partial charge in [0.2, 0.25) is 0 Å². The maximum Gasteiger partial charge on any atom is 0.186 e. The van der Waals surface area contributed by atoms with Gasteiger partial charge in [0.25, 0.3) is 0 Å². The molecule has 0 aliphatic rings. The first-order chi connectivity index (χ1) is 4.70. The van der Waals surface area contributed by atoms with Gasteiger partial charge in [0.15, 0.2) is 11.1 Å². The van der Waals surface area contributed by atoms with Crippen LogP contribution in [-0.4, -0.2) is 8.76 Å². The molecule has 0 aromatic heterocycles. The molecule has 1 N–H and O–H groups in total. The minimum absolute atomic E-state index is 0. The Labute approximate surface area is 83.8 Å². The third kappa shape index (κ3) is 3.31. The smallest absolute Gasteiger partial charge is 0.186 e. The first kappa shape index (κ1) is 11.1. The van der Waals surface area contributed by atoms with Crippen LogP contribution in [0.5, 0.6) is 0 Å². The largest absolute Gasteiger partial charge is 0.302 e. The maximum absolute atomic E-state index is 10.4. The van der Waals surface area contributed by atoms with Crippen LogP contribution in [-0.2, 0) is 33.5 Å². The molecule has 1 atom stereocenters. The van der Waals surface area contributed by atoms with Crippen LogP contribution in [0.15, 0.2) is 29.2 Å². The van der Waals surface area contributed by atoms with E-state index in [2.05, 4.69) is 0 Å². The third-order valence-electron chi connectivity index (χ3n) is 1.22. The summed E-state index contributed by atoms with van der Waals surface area (Å²) in [6.45, 7) is 1.93. The normalized spacial score (nSPS) is 11.8. The molecule has 4 heteroatoms. The molecule has 1 radical (unpaired) electrons. The van der Waals surface area contributed by atoms with E-state index < -0.39 is 11.1 Å². The molecule has 11 heavy (non-hydrogen) atoms. The predicted octanol–water partition coefficient (Wildman–Crippen LogP) is 1.57. The van der Waals surface area contributed by atoms with Crippen molar-refractivity contribution in [2.45, 2.75) is 11.8 Å². The fraction of sp³-hybridized carbons (Fsp3) is 0.143. The van der Waals surface area contributed by atoms with Crippen molar-refractivity contribution in [3.05, 3.63) is 29.8 Å². The standard InChI is InChI=1S/C7H8O2S.Ag/c1-6-2-4-7(5-3-6)10(8)9;/h2-5H,1H3,(H,8,9);. The predicted molar refractivity (Wildman–Crippen MR) is 40.2 cm³/mol. The molecular formula is C7H8AgO2S. The van der Waals surface area contributed by atoms with Crippen molar-refractivity contribution in [3.63, 3.8) is 0 Å². The quantitative estimate of drug-likeness (QED) is 0.617. The zero-order valence-electron chi connectivity index (χ0n) is 5.87. The number of aryl methyl sites for hydroxylation is 1.